The number of aliphatic hydroxyl groups is 2. The SMILES string of the molecule is O=C1CC(c2ccccc2)OC2=CC(O)=CC(O)C12. The summed E-state index contributed by atoms with van der Waals surface area (Å²) in [5, 5.41) is 19.3. The average Bonchev–Trinajstić information content (AvgIpc) is 2.38. The molecular formula is C15H14O4. The number of carbonyl (C=O) groups is 1. The Morgan fingerprint density at radius 3 is 2.68 bits per heavy atom. The van der Waals surface area contributed by atoms with Gasteiger partial charge in [-0.05, 0) is 11.6 Å². The number of hydrogen-bond acceptors (Lipinski definition) is 4. The molecule has 19 heavy (non-hydrogen) atoms. The normalized spacial score (nSPS) is 29.9. The van der Waals surface area contributed by atoms with E-state index in [1.54, 1.807) is 0 Å². The molecule has 3 atom stereocenters. The van der Waals surface area contributed by atoms with E-state index in [9.17, 15) is 15.0 Å². The Kier molecular flexibility index (Phi) is 2.87. The Morgan fingerprint density at radius 2 is 1.95 bits per heavy atom. The zero-order valence-corrected chi connectivity index (χ0v) is 10.2. The Hall–Kier alpha value is -2.07. The van der Waals surface area contributed by atoms with Crippen molar-refractivity contribution in [1.29, 1.82) is 0 Å². The van der Waals surface area contributed by atoms with E-state index in [-0.39, 0.29) is 24.1 Å². The Balaban J connectivity index is 1.91. The molecule has 2 aliphatic rings. The highest BCUT2D eigenvalue weighted by Crippen LogP contribution is 2.38. The van der Waals surface area contributed by atoms with Crippen LogP contribution in [0.25, 0.3) is 0 Å². The van der Waals surface area contributed by atoms with Crippen molar-refractivity contribution in [3.63, 3.8) is 0 Å². The van der Waals surface area contributed by atoms with Crippen LogP contribution in [-0.4, -0.2) is 22.1 Å². The van der Waals surface area contributed by atoms with Gasteiger partial charge in [-0.25, -0.2) is 0 Å². The molecule has 0 aromatic heterocycles. The zero-order valence-electron chi connectivity index (χ0n) is 10.2. The third-order valence-corrected chi connectivity index (χ3v) is 3.46. The molecule has 4 heteroatoms. The first kappa shape index (κ1) is 12.0. The smallest absolute Gasteiger partial charge is 0.150 e. The first-order valence-corrected chi connectivity index (χ1v) is 6.20. The number of benzene rings is 1. The number of ether oxygens (including phenoxy) is 1. The van der Waals surface area contributed by atoms with E-state index >= 15 is 0 Å². The van der Waals surface area contributed by atoms with Gasteiger partial charge in [-0.3, -0.25) is 4.79 Å². The Bertz CT molecular complexity index is 559. The zero-order chi connectivity index (χ0) is 13.4. The maximum absolute atomic E-state index is 12.1. The number of rotatable bonds is 1. The standard InChI is InChI=1S/C15H14O4/c16-10-6-11(17)15-12(18)8-13(19-14(15)7-10)9-4-2-1-3-5-9/h1-7,11,13,15-17H,8H2. The van der Waals surface area contributed by atoms with E-state index in [4.69, 9.17) is 4.74 Å². The van der Waals surface area contributed by atoms with Crippen LogP contribution < -0.4 is 0 Å². The first-order chi connectivity index (χ1) is 9.15. The van der Waals surface area contributed by atoms with Crippen LogP contribution in [0, 0.1) is 5.92 Å². The molecule has 1 aliphatic carbocycles. The highest BCUT2D eigenvalue weighted by atomic mass is 16.5. The maximum atomic E-state index is 12.1. The summed E-state index contributed by atoms with van der Waals surface area (Å²) in [6, 6.07) is 9.46. The van der Waals surface area contributed by atoms with Crippen molar-refractivity contribution in [2.75, 3.05) is 0 Å². The van der Waals surface area contributed by atoms with Gasteiger partial charge in [-0.15, -0.1) is 0 Å². The average molecular weight is 258 g/mol. The van der Waals surface area contributed by atoms with Crippen LogP contribution in [0.1, 0.15) is 18.1 Å². The second kappa shape index (κ2) is 4.55. The molecule has 4 nitrogen and oxygen atoms in total. The van der Waals surface area contributed by atoms with Gasteiger partial charge in [0.25, 0.3) is 0 Å². The van der Waals surface area contributed by atoms with Crippen molar-refractivity contribution < 1.29 is 19.7 Å². The molecule has 1 aromatic rings. The maximum Gasteiger partial charge on any atom is 0.150 e. The van der Waals surface area contributed by atoms with Crippen LogP contribution in [0.15, 0.2) is 54.0 Å². The lowest BCUT2D eigenvalue weighted by Gasteiger charge is -2.34. The number of fused-ring (bicyclic) bond motifs is 1. The summed E-state index contributed by atoms with van der Waals surface area (Å²) in [6.07, 6.45) is 1.54. The van der Waals surface area contributed by atoms with E-state index < -0.39 is 12.0 Å². The van der Waals surface area contributed by atoms with E-state index in [0.29, 0.717) is 5.76 Å². The number of Topliss-reactive ketones (excluding diaryl/α,β-unsaturated/α-hetero) is 1. The summed E-state index contributed by atoms with van der Waals surface area (Å²) >= 11 is 0. The van der Waals surface area contributed by atoms with Crippen molar-refractivity contribution in [1.82, 2.24) is 0 Å². The fourth-order valence-corrected chi connectivity index (χ4v) is 2.55. The van der Waals surface area contributed by atoms with E-state index in [1.807, 2.05) is 30.3 Å². The lowest BCUT2D eigenvalue weighted by atomic mass is 9.84. The molecule has 1 aliphatic heterocycles. The summed E-state index contributed by atoms with van der Waals surface area (Å²) in [4.78, 5) is 12.1. The second-order valence-corrected chi connectivity index (χ2v) is 4.79. The topological polar surface area (TPSA) is 66.8 Å². The molecule has 0 bridgehead atoms. The lowest BCUT2D eigenvalue weighted by molar-refractivity contribution is -0.133. The first-order valence-electron chi connectivity index (χ1n) is 6.20. The molecule has 3 unspecified atom stereocenters. The monoisotopic (exact) mass is 258 g/mol. The third-order valence-electron chi connectivity index (χ3n) is 3.46. The van der Waals surface area contributed by atoms with Gasteiger partial charge in [0.05, 0.1) is 6.10 Å². The number of carbonyl (C=O) groups excluding carboxylic acids is 1. The van der Waals surface area contributed by atoms with Crippen molar-refractivity contribution >= 4 is 5.78 Å². The van der Waals surface area contributed by atoms with Crippen LogP contribution >= 0.6 is 0 Å². The largest absolute Gasteiger partial charge is 0.508 e. The minimum atomic E-state index is -1.01. The molecule has 3 rings (SSSR count). The van der Waals surface area contributed by atoms with Gasteiger partial charge in [0.2, 0.25) is 0 Å². The van der Waals surface area contributed by atoms with Crippen LogP contribution in [0.4, 0.5) is 0 Å². The molecule has 1 fully saturated rings. The predicted octanol–water partition coefficient (Wildman–Crippen LogP) is 2.03. The minimum absolute atomic E-state index is 0.0670. The molecule has 0 amide bonds. The summed E-state index contributed by atoms with van der Waals surface area (Å²) in [5.74, 6) is -0.476. The van der Waals surface area contributed by atoms with Crippen LogP contribution in [0.5, 0.6) is 0 Å². The van der Waals surface area contributed by atoms with Crippen molar-refractivity contribution in [3.05, 3.63) is 59.6 Å². The van der Waals surface area contributed by atoms with Gasteiger partial charge >= 0.3 is 0 Å². The van der Waals surface area contributed by atoms with Gasteiger partial charge in [0, 0.05) is 12.5 Å². The fraction of sp³-hybridized carbons (Fsp3) is 0.267. The third kappa shape index (κ3) is 2.15. The molecule has 98 valence electrons. The van der Waals surface area contributed by atoms with Crippen molar-refractivity contribution in [3.8, 4) is 0 Å². The molecule has 0 radical (unpaired) electrons. The molecule has 1 aromatic carbocycles. The lowest BCUT2D eigenvalue weighted by Crippen LogP contribution is -2.37. The van der Waals surface area contributed by atoms with Crippen LogP contribution in [0.2, 0.25) is 0 Å². The second-order valence-electron chi connectivity index (χ2n) is 4.79. The summed E-state index contributed by atoms with van der Waals surface area (Å²) in [5.41, 5.74) is 0.915. The van der Waals surface area contributed by atoms with Gasteiger partial charge in [0.1, 0.15) is 23.5 Å². The van der Waals surface area contributed by atoms with Gasteiger partial charge < -0.3 is 14.9 Å². The van der Waals surface area contributed by atoms with Gasteiger partial charge in [-0.1, -0.05) is 30.3 Å². The van der Waals surface area contributed by atoms with E-state index in [0.717, 1.165) is 5.56 Å². The minimum Gasteiger partial charge on any atom is -0.508 e. The molecular weight excluding hydrogens is 244 g/mol. The predicted molar refractivity (Wildman–Crippen MR) is 68.2 cm³/mol. The Labute approximate surface area is 110 Å². The highest BCUT2D eigenvalue weighted by Gasteiger charge is 2.40. The molecule has 0 saturated carbocycles. The molecule has 0 spiro atoms. The number of aliphatic hydroxyl groups excluding tert-OH is 2. The fourth-order valence-electron chi connectivity index (χ4n) is 2.55. The number of hydrogen-bond donors (Lipinski definition) is 2. The highest BCUT2D eigenvalue weighted by molar-refractivity contribution is 5.86. The van der Waals surface area contributed by atoms with Crippen LogP contribution in [-0.2, 0) is 9.53 Å². The van der Waals surface area contributed by atoms with Crippen molar-refractivity contribution in [2.45, 2.75) is 18.6 Å². The van der Waals surface area contributed by atoms with E-state index in [2.05, 4.69) is 0 Å². The van der Waals surface area contributed by atoms with Gasteiger partial charge in [-0.2, -0.15) is 0 Å². The molecule has 1 saturated heterocycles. The van der Waals surface area contributed by atoms with Crippen molar-refractivity contribution in [2.24, 2.45) is 5.92 Å². The summed E-state index contributed by atoms with van der Waals surface area (Å²) < 4.78 is 5.77. The quantitative estimate of drug-likeness (QED) is 0.809. The van der Waals surface area contributed by atoms with E-state index in [1.165, 1.54) is 12.2 Å². The molecule has 2 N–H and O–H groups in total. The number of ketones is 1. The number of allylic oxidation sites excluding steroid dienone is 1. The van der Waals surface area contributed by atoms with Crippen LogP contribution in [0.3, 0.4) is 0 Å². The summed E-state index contributed by atoms with van der Waals surface area (Å²) in [6.45, 7) is 0. The Morgan fingerprint density at radius 1 is 1.21 bits per heavy atom. The molecule has 1 heterocycles. The van der Waals surface area contributed by atoms with Gasteiger partial charge in [0.15, 0.2) is 5.78 Å². The summed E-state index contributed by atoms with van der Waals surface area (Å²) in [7, 11) is 0.